The molecular formula is C35H60O11. The molecule has 5 aliphatic heterocycles. The minimum atomic E-state index is -1.57. The molecule has 17 atom stereocenters. The number of aliphatic hydroxyl groups is 4. The van der Waals surface area contributed by atoms with Crippen molar-refractivity contribution in [2.45, 2.75) is 172 Å². The lowest BCUT2D eigenvalue weighted by atomic mass is 9.78. The summed E-state index contributed by atoms with van der Waals surface area (Å²) in [6.45, 7) is 15.1. The SMILES string of the molecule is CC[C@@]1([C@@H]2O[C@@H]([C@H]3O[C@@](O)(CO)[C@H](C)C[C@@H]3C)C[C@@H]2C)CC[C@H]([C@]2(C)CC[C@]3(C[C@H](O)[C@@H](C)[C@@H]([C@@H](C)[C@@H](O)[C@H](C)C(=O)O)O3)O2)O1. The largest absolute Gasteiger partial charge is 0.481 e. The average molecular weight is 657 g/mol. The summed E-state index contributed by atoms with van der Waals surface area (Å²) in [5.41, 5.74) is -1.19. The molecule has 0 saturated carbocycles. The van der Waals surface area contributed by atoms with Crippen LogP contribution in [-0.2, 0) is 28.5 Å². The Morgan fingerprint density at radius 2 is 1.70 bits per heavy atom. The number of carboxylic acid groups (broad SMARTS) is 1. The maximum Gasteiger partial charge on any atom is 0.308 e. The molecule has 0 aromatic heterocycles. The molecule has 0 bridgehead atoms. The first kappa shape index (κ1) is 36.4. The standard InChI is InChI=1S/C35H60O11/c1-9-33(30-19(3)15-25(42-30)28-18(2)14-20(4)35(41,17-36)45-28)11-10-26(43-33)32(8)12-13-34(46-32)16-24(37)21(5)29(44-34)22(6)27(38)23(7)31(39)40/h18-30,36-38,41H,9-17H2,1-8H3,(H,39,40)/t18-,19-,20+,21+,22-,23-,24-,25+,26+,27+,28-,29-,30+,32-,33-,34+,35-/m0/s1. The number of carboxylic acids is 1. The maximum atomic E-state index is 11.6. The Bertz CT molecular complexity index is 1090. The highest BCUT2D eigenvalue weighted by Crippen LogP contribution is 2.54. The van der Waals surface area contributed by atoms with Gasteiger partial charge in [-0.2, -0.15) is 0 Å². The van der Waals surface area contributed by atoms with Gasteiger partial charge in [0.05, 0.1) is 66.5 Å². The quantitative estimate of drug-likeness (QED) is 0.246. The van der Waals surface area contributed by atoms with Crippen molar-refractivity contribution in [1.29, 1.82) is 0 Å². The molecule has 11 heteroatoms. The Morgan fingerprint density at radius 1 is 1.00 bits per heavy atom. The fourth-order valence-electron chi connectivity index (χ4n) is 9.51. The van der Waals surface area contributed by atoms with E-state index < -0.39 is 65.5 Å². The molecule has 11 nitrogen and oxygen atoms in total. The molecule has 0 aromatic carbocycles. The van der Waals surface area contributed by atoms with E-state index in [4.69, 9.17) is 23.7 Å². The van der Waals surface area contributed by atoms with Gasteiger partial charge in [0, 0.05) is 30.6 Å². The molecule has 266 valence electrons. The summed E-state index contributed by atoms with van der Waals surface area (Å²) in [4.78, 5) is 11.6. The average Bonchev–Trinajstić information content (AvgIpc) is 3.72. The molecule has 5 heterocycles. The Morgan fingerprint density at radius 3 is 2.33 bits per heavy atom. The van der Waals surface area contributed by atoms with E-state index in [1.165, 1.54) is 6.92 Å². The van der Waals surface area contributed by atoms with E-state index in [9.17, 15) is 30.3 Å². The van der Waals surface area contributed by atoms with Crippen LogP contribution in [0.4, 0.5) is 0 Å². The van der Waals surface area contributed by atoms with E-state index in [-0.39, 0.29) is 48.1 Å². The van der Waals surface area contributed by atoms with E-state index in [1.54, 1.807) is 6.92 Å². The van der Waals surface area contributed by atoms with Crippen LogP contribution >= 0.6 is 0 Å². The normalized spacial score (nSPS) is 51.7. The van der Waals surface area contributed by atoms with Crippen LogP contribution in [-0.4, -0.2) is 104 Å². The molecule has 0 aromatic rings. The minimum absolute atomic E-state index is 0.166. The van der Waals surface area contributed by atoms with Crippen molar-refractivity contribution in [2.75, 3.05) is 6.61 Å². The second-order valence-electron chi connectivity index (χ2n) is 16.1. The summed E-state index contributed by atoms with van der Waals surface area (Å²) < 4.78 is 33.5. The maximum absolute atomic E-state index is 11.6. The smallest absolute Gasteiger partial charge is 0.308 e. The zero-order valence-corrected chi connectivity index (χ0v) is 29.1. The van der Waals surface area contributed by atoms with Crippen molar-refractivity contribution in [1.82, 2.24) is 0 Å². The van der Waals surface area contributed by atoms with Crippen molar-refractivity contribution in [3.8, 4) is 0 Å². The summed E-state index contributed by atoms with van der Waals surface area (Å²) in [6.07, 6.45) is 2.01. The monoisotopic (exact) mass is 656 g/mol. The van der Waals surface area contributed by atoms with E-state index in [2.05, 4.69) is 27.7 Å². The lowest BCUT2D eigenvalue weighted by Gasteiger charge is -2.48. The van der Waals surface area contributed by atoms with Gasteiger partial charge >= 0.3 is 5.97 Å². The molecule has 0 radical (unpaired) electrons. The van der Waals surface area contributed by atoms with Crippen molar-refractivity contribution in [3.63, 3.8) is 0 Å². The minimum Gasteiger partial charge on any atom is -0.481 e. The van der Waals surface area contributed by atoms with Gasteiger partial charge in [-0.05, 0) is 64.2 Å². The summed E-state index contributed by atoms with van der Waals surface area (Å²) in [5.74, 6) is -5.30. The first-order valence-electron chi connectivity index (χ1n) is 17.7. The first-order chi connectivity index (χ1) is 21.4. The molecule has 5 aliphatic rings. The van der Waals surface area contributed by atoms with Gasteiger partial charge in [0.15, 0.2) is 11.6 Å². The molecule has 5 fully saturated rings. The highest BCUT2D eigenvalue weighted by molar-refractivity contribution is 5.70. The molecule has 5 rings (SSSR count). The van der Waals surface area contributed by atoms with Gasteiger partial charge in [0.1, 0.15) is 0 Å². The number of aliphatic carboxylic acids is 1. The molecule has 0 unspecified atom stereocenters. The summed E-state index contributed by atoms with van der Waals surface area (Å²) in [6, 6.07) is 0. The van der Waals surface area contributed by atoms with Crippen LogP contribution in [0.5, 0.6) is 0 Å². The lowest BCUT2D eigenvalue weighted by Crippen LogP contribution is -2.56. The van der Waals surface area contributed by atoms with Crippen LogP contribution in [0.3, 0.4) is 0 Å². The Labute approximate surface area is 274 Å². The van der Waals surface area contributed by atoms with Gasteiger partial charge in [-0.15, -0.1) is 0 Å². The van der Waals surface area contributed by atoms with Gasteiger partial charge < -0.3 is 49.2 Å². The second kappa shape index (κ2) is 13.1. The van der Waals surface area contributed by atoms with E-state index in [0.717, 1.165) is 32.1 Å². The van der Waals surface area contributed by atoms with Crippen molar-refractivity contribution in [2.24, 2.45) is 35.5 Å². The topological polar surface area (TPSA) is 164 Å². The highest BCUT2D eigenvalue weighted by Gasteiger charge is 2.62. The highest BCUT2D eigenvalue weighted by atomic mass is 16.7. The number of carbonyl (C=O) groups is 1. The fourth-order valence-corrected chi connectivity index (χ4v) is 9.51. The molecule has 1 spiro atoms. The lowest BCUT2D eigenvalue weighted by molar-refractivity contribution is -0.336. The Kier molecular flexibility index (Phi) is 10.4. The van der Waals surface area contributed by atoms with Crippen LogP contribution in [0, 0.1) is 35.5 Å². The van der Waals surface area contributed by atoms with Gasteiger partial charge in [-0.3, -0.25) is 4.79 Å². The predicted octanol–water partition coefficient (Wildman–Crippen LogP) is 3.62. The summed E-state index contributed by atoms with van der Waals surface area (Å²) in [7, 11) is 0. The Hall–Kier alpha value is -0.890. The van der Waals surface area contributed by atoms with Gasteiger partial charge in [0.2, 0.25) is 0 Å². The number of aliphatic hydroxyl groups excluding tert-OH is 3. The zero-order chi connectivity index (χ0) is 34.0. The third-order valence-electron chi connectivity index (χ3n) is 12.8. The number of hydrogen-bond donors (Lipinski definition) is 5. The van der Waals surface area contributed by atoms with Gasteiger partial charge in [-0.1, -0.05) is 41.5 Å². The third-order valence-corrected chi connectivity index (χ3v) is 12.8. The predicted molar refractivity (Wildman–Crippen MR) is 168 cm³/mol. The van der Waals surface area contributed by atoms with Crippen LogP contribution in [0.15, 0.2) is 0 Å². The van der Waals surface area contributed by atoms with Gasteiger partial charge in [-0.25, -0.2) is 0 Å². The van der Waals surface area contributed by atoms with Crippen LogP contribution in [0.25, 0.3) is 0 Å². The van der Waals surface area contributed by atoms with Crippen molar-refractivity contribution >= 4 is 5.97 Å². The number of hydrogen-bond acceptors (Lipinski definition) is 10. The Balaban J connectivity index is 1.28. The van der Waals surface area contributed by atoms with Crippen LogP contribution in [0.1, 0.15) is 107 Å². The van der Waals surface area contributed by atoms with E-state index in [0.29, 0.717) is 19.3 Å². The van der Waals surface area contributed by atoms with E-state index in [1.807, 2.05) is 13.8 Å². The molecule has 5 saturated heterocycles. The summed E-state index contributed by atoms with van der Waals surface area (Å²) >= 11 is 0. The molecule has 46 heavy (non-hydrogen) atoms. The van der Waals surface area contributed by atoms with Crippen LogP contribution < -0.4 is 0 Å². The van der Waals surface area contributed by atoms with Crippen LogP contribution in [0.2, 0.25) is 0 Å². The zero-order valence-electron chi connectivity index (χ0n) is 29.1. The number of rotatable bonds is 9. The fraction of sp³-hybridized carbons (Fsp3) is 0.971. The van der Waals surface area contributed by atoms with Crippen molar-refractivity contribution < 1.29 is 54.0 Å². The molecular weight excluding hydrogens is 596 g/mol. The molecule has 0 amide bonds. The summed E-state index contributed by atoms with van der Waals surface area (Å²) in [5, 5.41) is 52.3. The van der Waals surface area contributed by atoms with Crippen molar-refractivity contribution in [3.05, 3.63) is 0 Å². The second-order valence-corrected chi connectivity index (χ2v) is 16.1. The number of ether oxygens (including phenoxy) is 5. The molecule has 0 aliphatic carbocycles. The first-order valence-corrected chi connectivity index (χ1v) is 17.7. The van der Waals surface area contributed by atoms with Gasteiger partial charge in [0.25, 0.3) is 0 Å². The third kappa shape index (κ3) is 6.31. The van der Waals surface area contributed by atoms with E-state index >= 15 is 0 Å². The molecule has 5 N–H and O–H groups in total.